The first-order valence-electron chi connectivity index (χ1n) is 6.10. The molecule has 0 bridgehead atoms. The zero-order valence-electron chi connectivity index (χ0n) is 11.7. The zero-order valence-corrected chi connectivity index (χ0v) is 11.7. The van der Waals surface area contributed by atoms with Gasteiger partial charge in [0, 0.05) is 6.42 Å². The third-order valence-corrected chi connectivity index (χ3v) is 1.73. The van der Waals surface area contributed by atoms with E-state index in [0.29, 0.717) is 19.8 Å². The maximum absolute atomic E-state index is 5.19. The summed E-state index contributed by atoms with van der Waals surface area (Å²) in [6.07, 6.45) is 12.3. The molecule has 0 saturated carbocycles. The van der Waals surface area contributed by atoms with Crippen molar-refractivity contribution in [3.8, 4) is 24.7 Å². The van der Waals surface area contributed by atoms with Crippen molar-refractivity contribution in [3.05, 3.63) is 0 Å². The van der Waals surface area contributed by atoms with Crippen LogP contribution in [0, 0.1) is 30.6 Å². The van der Waals surface area contributed by atoms with Crippen molar-refractivity contribution in [2.24, 2.45) is 5.92 Å². The molecule has 2 nitrogen and oxygen atoms in total. The molecule has 0 aromatic heterocycles. The second-order valence-corrected chi connectivity index (χ2v) is 4.31. The summed E-state index contributed by atoms with van der Waals surface area (Å²) < 4.78 is 10.2. The van der Waals surface area contributed by atoms with Crippen LogP contribution in [0.3, 0.4) is 0 Å². The zero-order chi connectivity index (χ0) is 13.5. The molecule has 0 heterocycles. The molecule has 0 aromatic carbocycles. The van der Waals surface area contributed by atoms with E-state index in [1.807, 2.05) is 13.8 Å². The minimum absolute atomic E-state index is 0.273. The molecule has 0 amide bonds. The van der Waals surface area contributed by atoms with Crippen LogP contribution in [0.1, 0.15) is 40.5 Å². The highest BCUT2D eigenvalue weighted by Gasteiger charge is 1.91. The third-order valence-electron chi connectivity index (χ3n) is 1.73. The summed E-state index contributed by atoms with van der Waals surface area (Å²) in [5.74, 6) is 5.74. The SMILES string of the molecule is C#CCCC(C)C.C#CCOCCOC(C)C. The molecule has 0 aliphatic carbocycles. The van der Waals surface area contributed by atoms with Gasteiger partial charge in [-0.15, -0.1) is 18.8 Å². The predicted molar refractivity (Wildman–Crippen MR) is 73.6 cm³/mol. The lowest BCUT2D eigenvalue weighted by atomic mass is 10.1. The molecule has 2 heteroatoms. The smallest absolute Gasteiger partial charge is 0.107 e. The maximum Gasteiger partial charge on any atom is 0.107 e. The number of ether oxygens (including phenoxy) is 2. The Hall–Kier alpha value is -0.960. The number of hydrogen-bond donors (Lipinski definition) is 0. The van der Waals surface area contributed by atoms with Crippen molar-refractivity contribution in [1.82, 2.24) is 0 Å². The van der Waals surface area contributed by atoms with Gasteiger partial charge in [0.05, 0.1) is 19.3 Å². The predicted octanol–water partition coefficient (Wildman–Crippen LogP) is 3.12. The minimum Gasteiger partial charge on any atom is -0.376 e. The van der Waals surface area contributed by atoms with E-state index in [4.69, 9.17) is 22.3 Å². The first kappa shape index (κ1) is 18.4. The summed E-state index contributed by atoms with van der Waals surface area (Å²) >= 11 is 0. The Morgan fingerprint density at radius 2 is 1.65 bits per heavy atom. The fourth-order valence-electron chi connectivity index (χ4n) is 0.846. The second kappa shape index (κ2) is 15.0. The van der Waals surface area contributed by atoms with Crippen molar-refractivity contribution in [1.29, 1.82) is 0 Å². The first-order chi connectivity index (χ1) is 8.04. The molecule has 0 saturated heterocycles. The van der Waals surface area contributed by atoms with Gasteiger partial charge in [0.25, 0.3) is 0 Å². The second-order valence-electron chi connectivity index (χ2n) is 4.31. The van der Waals surface area contributed by atoms with Crippen LogP contribution in [0.25, 0.3) is 0 Å². The van der Waals surface area contributed by atoms with Crippen LogP contribution >= 0.6 is 0 Å². The van der Waals surface area contributed by atoms with E-state index >= 15 is 0 Å². The van der Waals surface area contributed by atoms with E-state index in [2.05, 4.69) is 25.7 Å². The van der Waals surface area contributed by atoms with E-state index in [1.54, 1.807) is 0 Å². The van der Waals surface area contributed by atoms with Gasteiger partial charge in [-0.25, -0.2) is 0 Å². The Morgan fingerprint density at radius 1 is 1.00 bits per heavy atom. The van der Waals surface area contributed by atoms with Gasteiger partial charge in [0.2, 0.25) is 0 Å². The molecule has 0 aliphatic rings. The number of hydrogen-bond acceptors (Lipinski definition) is 2. The van der Waals surface area contributed by atoms with Crippen LogP contribution < -0.4 is 0 Å². The highest BCUT2D eigenvalue weighted by molar-refractivity contribution is 4.83. The molecule has 0 radical (unpaired) electrons. The van der Waals surface area contributed by atoms with Crippen molar-refractivity contribution in [2.75, 3.05) is 19.8 Å². The number of rotatable bonds is 7. The van der Waals surface area contributed by atoms with E-state index in [-0.39, 0.29) is 6.10 Å². The van der Waals surface area contributed by atoms with E-state index in [0.717, 1.165) is 18.8 Å². The van der Waals surface area contributed by atoms with Crippen molar-refractivity contribution in [2.45, 2.75) is 46.6 Å². The Bertz CT molecular complexity index is 218. The van der Waals surface area contributed by atoms with Crippen LogP contribution in [-0.4, -0.2) is 25.9 Å². The molecule has 0 atom stereocenters. The van der Waals surface area contributed by atoms with Crippen LogP contribution in [0.15, 0.2) is 0 Å². The fraction of sp³-hybridized carbons (Fsp3) is 0.733. The molecule has 0 N–H and O–H groups in total. The molecular weight excluding hydrogens is 212 g/mol. The van der Waals surface area contributed by atoms with Gasteiger partial charge in [-0.05, 0) is 26.2 Å². The van der Waals surface area contributed by atoms with Crippen LogP contribution in [0.4, 0.5) is 0 Å². The molecule has 0 aliphatic heterocycles. The Morgan fingerprint density at radius 3 is 2.00 bits per heavy atom. The standard InChI is InChI=1S/C8H14O2.C7H12/c1-4-5-9-6-7-10-8(2)3;1-4-5-6-7(2)3/h1,8H,5-7H2,2-3H3;1,7H,5-6H2,2-3H3. The normalized spacial score (nSPS) is 9.41. The largest absolute Gasteiger partial charge is 0.376 e. The lowest BCUT2D eigenvalue weighted by molar-refractivity contribution is 0.0280. The summed E-state index contributed by atoms with van der Waals surface area (Å²) in [4.78, 5) is 0. The monoisotopic (exact) mass is 238 g/mol. The van der Waals surface area contributed by atoms with Gasteiger partial charge in [-0.3, -0.25) is 0 Å². The quantitative estimate of drug-likeness (QED) is 0.501. The average Bonchev–Trinajstić information content (AvgIpc) is 2.26. The Balaban J connectivity index is 0. The van der Waals surface area contributed by atoms with Gasteiger partial charge in [0.1, 0.15) is 6.61 Å². The lowest BCUT2D eigenvalue weighted by Gasteiger charge is -2.05. The summed E-state index contributed by atoms with van der Waals surface area (Å²) in [5.41, 5.74) is 0. The van der Waals surface area contributed by atoms with Gasteiger partial charge >= 0.3 is 0 Å². The fourth-order valence-corrected chi connectivity index (χ4v) is 0.846. The van der Waals surface area contributed by atoms with Crippen molar-refractivity contribution >= 4 is 0 Å². The first-order valence-corrected chi connectivity index (χ1v) is 6.10. The van der Waals surface area contributed by atoms with Crippen LogP contribution in [0.2, 0.25) is 0 Å². The van der Waals surface area contributed by atoms with Crippen molar-refractivity contribution in [3.63, 3.8) is 0 Å². The van der Waals surface area contributed by atoms with Gasteiger partial charge in [0.15, 0.2) is 0 Å². The van der Waals surface area contributed by atoms with E-state index in [1.165, 1.54) is 0 Å². The third kappa shape index (κ3) is 25.4. The van der Waals surface area contributed by atoms with Gasteiger partial charge in [-0.1, -0.05) is 19.8 Å². The summed E-state index contributed by atoms with van der Waals surface area (Å²) in [6.45, 7) is 9.92. The highest BCUT2D eigenvalue weighted by Crippen LogP contribution is 2.00. The van der Waals surface area contributed by atoms with E-state index < -0.39 is 0 Å². The molecule has 0 unspecified atom stereocenters. The summed E-state index contributed by atoms with van der Waals surface area (Å²) in [6, 6.07) is 0. The molecular formula is C15H26O2. The molecule has 0 spiro atoms. The molecule has 0 aromatic rings. The van der Waals surface area contributed by atoms with Crippen LogP contribution in [-0.2, 0) is 9.47 Å². The number of terminal acetylenes is 2. The van der Waals surface area contributed by atoms with Crippen molar-refractivity contribution < 1.29 is 9.47 Å². The molecule has 0 fully saturated rings. The summed E-state index contributed by atoms with van der Waals surface area (Å²) in [5, 5.41) is 0. The molecule has 17 heavy (non-hydrogen) atoms. The molecule has 0 rings (SSSR count). The Kier molecular flexibility index (Phi) is 16.3. The lowest BCUT2D eigenvalue weighted by Crippen LogP contribution is -2.09. The topological polar surface area (TPSA) is 18.5 Å². The Labute approximate surface area is 107 Å². The summed E-state index contributed by atoms with van der Waals surface area (Å²) in [7, 11) is 0. The average molecular weight is 238 g/mol. The van der Waals surface area contributed by atoms with E-state index in [9.17, 15) is 0 Å². The minimum atomic E-state index is 0.273. The molecule has 98 valence electrons. The highest BCUT2D eigenvalue weighted by atomic mass is 16.5. The maximum atomic E-state index is 5.19. The van der Waals surface area contributed by atoms with Gasteiger partial charge in [-0.2, -0.15) is 0 Å². The van der Waals surface area contributed by atoms with Gasteiger partial charge < -0.3 is 9.47 Å². The van der Waals surface area contributed by atoms with Crippen LogP contribution in [0.5, 0.6) is 0 Å².